The van der Waals surface area contributed by atoms with Crippen molar-refractivity contribution in [3.8, 4) is 0 Å². The molecule has 2 heterocycles. The molecule has 3 nitrogen and oxygen atoms in total. The molecular formula is C9H17NO2. The molecule has 1 spiro atoms. The van der Waals surface area contributed by atoms with E-state index in [2.05, 4.69) is 12.2 Å². The van der Waals surface area contributed by atoms with Crippen LogP contribution in [0.3, 0.4) is 0 Å². The number of hydrogen-bond donors (Lipinski definition) is 1. The maximum Gasteiger partial charge on any atom is 0.104 e. The summed E-state index contributed by atoms with van der Waals surface area (Å²) >= 11 is 0. The fourth-order valence-corrected chi connectivity index (χ4v) is 2.07. The van der Waals surface area contributed by atoms with Crippen LogP contribution in [0, 0.1) is 0 Å². The molecule has 0 aromatic heterocycles. The van der Waals surface area contributed by atoms with Gasteiger partial charge in [0, 0.05) is 19.7 Å². The Kier molecular flexibility index (Phi) is 2.35. The third-order valence-electron chi connectivity index (χ3n) is 2.62. The second kappa shape index (κ2) is 3.32. The van der Waals surface area contributed by atoms with Crippen LogP contribution < -0.4 is 5.32 Å². The minimum absolute atomic E-state index is 0.00405. The smallest absolute Gasteiger partial charge is 0.104 e. The Hall–Kier alpha value is -0.120. The summed E-state index contributed by atoms with van der Waals surface area (Å²) in [6.07, 6.45) is 2.61. The molecule has 2 saturated heterocycles. The molecule has 0 amide bonds. The lowest BCUT2D eigenvalue weighted by Crippen LogP contribution is -2.57. The van der Waals surface area contributed by atoms with Crippen LogP contribution in [0.4, 0.5) is 0 Å². The Morgan fingerprint density at radius 1 is 1.50 bits per heavy atom. The van der Waals surface area contributed by atoms with Gasteiger partial charge >= 0.3 is 0 Å². The van der Waals surface area contributed by atoms with E-state index in [1.54, 1.807) is 0 Å². The van der Waals surface area contributed by atoms with Crippen molar-refractivity contribution in [1.82, 2.24) is 5.32 Å². The van der Waals surface area contributed by atoms with Gasteiger partial charge in [-0.2, -0.15) is 0 Å². The topological polar surface area (TPSA) is 30.5 Å². The minimum atomic E-state index is -0.00405. The van der Waals surface area contributed by atoms with Gasteiger partial charge in [-0.15, -0.1) is 0 Å². The molecule has 0 aromatic rings. The summed E-state index contributed by atoms with van der Waals surface area (Å²) in [5.41, 5.74) is -0.00405. The van der Waals surface area contributed by atoms with Crippen molar-refractivity contribution in [2.24, 2.45) is 0 Å². The summed E-state index contributed by atoms with van der Waals surface area (Å²) < 4.78 is 11.4. The van der Waals surface area contributed by atoms with Gasteiger partial charge in [0.05, 0.1) is 12.7 Å². The van der Waals surface area contributed by atoms with E-state index >= 15 is 0 Å². The van der Waals surface area contributed by atoms with Gasteiger partial charge in [-0.1, -0.05) is 0 Å². The van der Waals surface area contributed by atoms with Crippen molar-refractivity contribution in [2.75, 3.05) is 26.3 Å². The normalized spacial score (nSPS) is 43.2. The van der Waals surface area contributed by atoms with Crippen molar-refractivity contribution in [1.29, 1.82) is 0 Å². The molecule has 0 aliphatic carbocycles. The first-order valence-electron chi connectivity index (χ1n) is 4.77. The number of morpholine rings is 1. The van der Waals surface area contributed by atoms with Crippen molar-refractivity contribution in [3.63, 3.8) is 0 Å². The first kappa shape index (κ1) is 8.48. The van der Waals surface area contributed by atoms with Crippen molar-refractivity contribution >= 4 is 0 Å². The summed E-state index contributed by atoms with van der Waals surface area (Å²) in [5, 5.41) is 3.39. The lowest BCUT2D eigenvalue weighted by Gasteiger charge is -2.42. The lowest BCUT2D eigenvalue weighted by atomic mass is 9.94. The van der Waals surface area contributed by atoms with E-state index in [0.29, 0.717) is 6.10 Å². The average Bonchev–Trinajstić information content (AvgIpc) is 2.05. The highest BCUT2D eigenvalue weighted by atomic mass is 16.6. The third-order valence-corrected chi connectivity index (χ3v) is 2.62. The zero-order chi connectivity index (χ0) is 8.44. The molecule has 2 atom stereocenters. The fourth-order valence-electron chi connectivity index (χ4n) is 2.07. The van der Waals surface area contributed by atoms with E-state index in [1.807, 2.05) is 0 Å². The molecule has 0 unspecified atom stereocenters. The number of nitrogens with one attached hydrogen (secondary N) is 1. The highest BCUT2D eigenvalue weighted by Gasteiger charge is 2.37. The van der Waals surface area contributed by atoms with Crippen LogP contribution in [-0.4, -0.2) is 38.0 Å². The van der Waals surface area contributed by atoms with Crippen molar-refractivity contribution in [3.05, 3.63) is 0 Å². The molecule has 2 aliphatic heterocycles. The zero-order valence-electron chi connectivity index (χ0n) is 7.64. The molecule has 3 heteroatoms. The van der Waals surface area contributed by atoms with Crippen molar-refractivity contribution < 1.29 is 9.47 Å². The number of hydrogen-bond acceptors (Lipinski definition) is 3. The monoisotopic (exact) mass is 171 g/mol. The molecule has 0 saturated carbocycles. The summed E-state index contributed by atoms with van der Waals surface area (Å²) in [5.74, 6) is 0. The highest BCUT2D eigenvalue weighted by molar-refractivity contribution is 4.90. The van der Waals surface area contributed by atoms with Crippen LogP contribution in [-0.2, 0) is 9.47 Å². The molecule has 2 rings (SSSR count). The van der Waals surface area contributed by atoms with Crippen molar-refractivity contribution in [2.45, 2.75) is 31.5 Å². The van der Waals surface area contributed by atoms with Gasteiger partial charge in [-0.05, 0) is 19.8 Å². The summed E-state index contributed by atoms with van der Waals surface area (Å²) in [6, 6.07) is 0. The number of rotatable bonds is 0. The molecular weight excluding hydrogens is 154 g/mol. The summed E-state index contributed by atoms with van der Waals surface area (Å²) in [6.45, 7) is 5.71. The van der Waals surface area contributed by atoms with E-state index in [0.717, 1.165) is 39.1 Å². The molecule has 2 fully saturated rings. The van der Waals surface area contributed by atoms with E-state index in [-0.39, 0.29) is 5.60 Å². The Balaban J connectivity index is 1.97. The van der Waals surface area contributed by atoms with Crippen LogP contribution in [0.5, 0.6) is 0 Å². The maximum absolute atomic E-state index is 5.93. The van der Waals surface area contributed by atoms with Crippen LogP contribution in [0.15, 0.2) is 0 Å². The maximum atomic E-state index is 5.93. The predicted molar refractivity (Wildman–Crippen MR) is 46.2 cm³/mol. The largest absolute Gasteiger partial charge is 0.378 e. The van der Waals surface area contributed by atoms with Gasteiger partial charge in [0.25, 0.3) is 0 Å². The second-order valence-corrected chi connectivity index (χ2v) is 3.90. The second-order valence-electron chi connectivity index (χ2n) is 3.90. The summed E-state index contributed by atoms with van der Waals surface area (Å²) in [4.78, 5) is 0. The Labute approximate surface area is 73.4 Å². The van der Waals surface area contributed by atoms with Gasteiger partial charge in [0.2, 0.25) is 0 Å². The van der Waals surface area contributed by atoms with E-state index < -0.39 is 0 Å². The van der Waals surface area contributed by atoms with Gasteiger partial charge in [0.1, 0.15) is 5.60 Å². The minimum Gasteiger partial charge on any atom is -0.378 e. The Bertz CT molecular complexity index is 149. The first-order valence-corrected chi connectivity index (χ1v) is 4.77. The molecule has 0 radical (unpaired) electrons. The molecule has 0 bridgehead atoms. The Morgan fingerprint density at radius 2 is 2.42 bits per heavy atom. The SMILES string of the molecule is C[C@@H]1CNC[C@@]2(CCCOC2)O1. The fraction of sp³-hybridized carbons (Fsp3) is 1.00. The standard InChI is InChI=1S/C9H17NO2/c1-8-5-10-6-9(12-8)3-2-4-11-7-9/h8,10H,2-7H2,1H3/t8-,9-/m1/s1. The highest BCUT2D eigenvalue weighted by Crippen LogP contribution is 2.26. The van der Waals surface area contributed by atoms with E-state index in [1.165, 1.54) is 0 Å². The molecule has 12 heavy (non-hydrogen) atoms. The van der Waals surface area contributed by atoms with Gasteiger partial charge in [-0.3, -0.25) is 0 Å². The quantitative estimate of drug-likeness (QED) is 0.577. The Morgan fingerprint density at radius 3 is 3.08 bits per heavy atom. The van der Waals surface area contributed by atoms with Crippen LogP contribution in [0.1, 0.15) is 19.8 Å². The van der Waals surface area contributed by atoms with Crippen LogP contribution >= 0.6 is 0 Å². The molecule has 1 N–H and O–H groups in total. The van der Waals surface area contributed by atoms with Gasteiger partial charge < -0.3 is 14.8 Å². The average molecular weight is 171 g/mol. The van der Waals surface area contributed by atoms with Gasteiger partial charge in [0.15, 0.2) is 0 Å². The number of ether oxygens (including phenoxy) is 2. The first-order chi connectivity index (χ1) is 5.81. The van der Waals surface area contributed by atoms with Crippen LogP contribution in [0.25, 0.3) is 0 Å². The predicted octanol–water partition coefficient (Wildman–Crippen LogP) is 0.544. The van der Waals surface area contributed by atoms with E-state index in [4.69, 9.17) is 9.47 Å². The molecule has 0 aromatic carbocycles. The van der Waals surface area contributed by atoms with Gasteiger partial charge in [-0.25, -0.2) is 0 Å². The molecule has 70 valence electrons. The van der Waals surface area contributed by atoms with E-state index in [9.17, 15) is 0 Å². The molecule has 2 aliphatic rings. The zero-order valence-corrected chi connectivity index (χ0v) is 7.64. The van der Waals surface area contributed by atoms with Crippen LogP contribution in [0.2, 0.25) is 0 Å². The summed E-state index contributed by atoms with van der Waals surface area (Å²) in [7, 11) is 0. The lowest BCUT2D eigenvalue weighted by molar-refractivity contribution is -0.167. The third kappa shape index (κ3) is 1.63.